The highest BCUT2D eigenvalue weighted by atomic mass is 16.2. The Morgan fingerprint density at radius 3 is 1.87 bits per heavy atom. The van der Waals surface area contributed by atoms with Crippen molar-refractivity contribution in [3.05, 3.63) is 0 Å². The van der Waals surface area contributed by atoms with Gasteiger partial charge in [-0.25, -0.2) is 0 Å². The van der Waals surface area contributed by atoms with E-state index in [0.29, 0.717) is 6.42 Å². The molecule has 6 rings (SSSR count). The fourth-order valence-electron chi connectivity index (χ4n) is 7.76. The molecule has 1 heterocycles. The predicted molar refractivity (Wildman–Crippen MR) is 108 cm³/mol. The Balaban J connectivity index is 1.07. The molecule has 0 radical (unpaired) electrons. The number of nitrogens with zero attached hydrogens (tertiary/aromatic N) is 1. The normalized spacial score (nSPS) is 39.2. The number of rotatable bonds is 5. The molecular formula is C23H33N3O4. The molecule has 164 valence electrons. The molecule has 2 atom stereocenters. The quantitative estimate of drug-likeness (QED) is 0.532. The van der Waals surface area contributed by atoms with Crippen molar-refractivity contribution in [1.82, 2.24) is 15.8 Å². The average molecular weight is 416 g/mol. The minimum Gasteiger partial charge on any atom is -0.282 e. The van der Waals surface area contributed by atoms with Crippen molar-refractivity contribution in [2.75, 3.05) is 6.54 Å². The van der Waals surface area contributed by atoms with E-state index in [4.69, 9.17) is 0 Å². The van der Waals surface area contributed by atoms with Crippen molar-refractivity contribution in [3.63, 3.8) is 0 Å². The molecule has 4 bridgehead atoms. The summed E-state index contributed by atoms with van der Waals surface area (Å²) in [6, 6.07) is 0. The monoisotopic (exact) mass is 415 g/mol. The molecular weight excluding hydrogens is 382 g/mol. The summed E-state index contributed by atoms with van der Waals surface area (Å²) < 4.78 is 0. The fraction of sp³-hybridized carbons (Fsp3) is 0.826. The van der Waals surface area contributed by atoms with E-state index in [2.05, 4.69) is 10.9 Å². The van der Waals surface area contributed by atoms with Crippen LogP contribution < -0.4 is 10.9 Å². The molecule has 1 aliphatic heterocycles. The van der Waals surface area contributed by atoms with E-state index in [-0.39, 0.29) is 53.8 Å². The molecule has 2 unspecified atom stereocenters. The molecule has 4 amide bonds. The molecule has 6 aliphatic rings. The molecule has 2 N–H and O–H groups in total. The first kappa shape index (κ1) is 20.0. The number of hydrazine groups is 1. The van der Waals surface area contributed by atoms with Crippen molar-refractivity contribution < 1.29 is 19.2 Å². The van der Waals surface area contributed by atoms with Crippen molar-refractivity contribution >= 4 is 23.6 Å². The summed E-state index contributed by atoms with van der Waals surface area (Å²) in [5.41, 5.74) is 5.21. The largest absolute Gasteiger partial charge is 0.282 e. The molecule has 7 nitrogen and oxygen atoms in total. The molecule has 5 aliphatic carbocycles. The molecule has 0 spiro atoms. The van der Waals surface area contributed by atoms with Gasteiger partial charge >= 0.3 is 0 Å². The highest BCUT2D eigenvalue weighted by Crippen LogP contribution is 2.61. The Labute approximate surface area is 177 Å². The lowest BCUT2D eigenvalue weighted by Gasteiger charge is -2.56. The summed E-state index contributed by atoms with van der Waals surface area (Å²) in [5, 5.41) is 0. The summed E-state index contributed by atoms with van der Waals surface area (Å²) in [6.45, 7) is 0.0986. The zero-order valence-electron chi connectivity index (χ0n) is 17.7. The van der Waals surface area contributed by atoms with Gasteiger partial charge in [-0.05, 0) is 74.5 Å². The van der Waals surface area contributed by atoms with Crippen LogP contribution in [0.3, 0.4) is 0 Å². The van der Waals surface area contributed by atoms with E-state index >= 15 is 0 Å². The van der Waals surface area contributed by atoms with Crippen LogP contribution in [-0.4, -0.2) is 35.1 Å². The smallest absolute Gasteiger partial charge is 0.240 e. The number of fused-ring (bicyclic) bond motifs is 1. The second-order valence-electron chi connectivity index (χ2n) is 10.8. The first-order valence-electron chi connectivity index (χ1n) is 11.9. The van der Waals surface area contributed by atoms with Crippen molar-refractivity contribution in [1.29, 1.82) is 0 Å². The summed E-state index contributed by atoms with van der Waals surface area (Å²) >= 11 is 0. The number of imide groups is 1. The lowest BCUT2D eigenvalue weighted by atomic mass is 9.49. The molecule has 1 saturated heterocycles. The molecule has 6 fully saturated rings. The first-order chi connectivity index (χ1) is 14.4. The van der Waals surface area contributed by atoms with E-state index in [9.17, 15) is 19.2 Å². The first-order valence-corrected chi connectivity index (χ1v) is 11.9. The molecule has 30 heavy (non-hydrogen) atoms. The van der Waals surface area contributed by atoms with Gasteiger partial charge in [0.1, 0.15) is 0 Å². The van der Waals surface area contributed by atoms with Gasteiger partial charge in [0.25, 0.3) is 0 Å². The van der Waals surface area contributed by atoms with Gasteiger partial charge in [0.05, 0.1) is 11.8 Å². The standard InChI is InChI=1S/C23H33N3O4/c27-19(5-6-26-21(29)17-3-1-2-4-18(17)22(26)30)24-25-20(28)13-23-10-14-7-15(11-23)9-16(8-14)12-23/h14-18H,1-13H2,(H,24,27)(H,25,28). The van der Waals surface area contributed by atoms with E-state index in [1.807, 2.05) is 0 Å². The number of amides is 4. The number of hydrogen-bond donors (Lipinski definition) is 2. The van der Waals surface area contributed by atoms with E-state index in [1.165, 1.54) is 24.2 Å². The Kier molecular flexibility index (Phi) is 5.10. The van der Waals surface area contributed by atoms with Crippen molar-refractivity contribution in [3.8, 4) is 0 Å². The zero-order valence-corrected chi connectivity index (χ0v) is 17.7. The predicted octanol–water partition coefficient (Wildman–Crippen LogP) is 2.31. The van der Waals surface area contributed by atoms with Gasteiger partial charge in [-0.1, -0.05) is 12.8 Å². The summed E-state index contributed by atoms with van der Waals surface area (Å²) in [6.07, 6.45) is 11.5. The van der Waals surface area contributed by atoms with Gasteiger partial charge in [-0.3, -0.25) is 34.9 Å². The van der Waals surface area contributed by atoms with Crippen LogP contribution in [0.4, 0.5) is 0 Å². The van der Waals surface area contributed by atoms with Gasteiger partial charge in [-0.15, -0.1) is 0 Å². The van der Waals surface area contributed by atoms with Gasteiger partial charge in [-0.2, -0.15) is 0 Å². The van der Waals surface area contributed by atoms with E-state index in [0.717, 1.165) is 62.7 Å². The number of carbonyl (C=O) groups is 4. The highest BCUT2D eigenvalue weighted by Gasteiger charge is 2.51. The number of hydrogen-bond acceptors (Lipinski definition) is 4. The van der Waals surface area contributed by atoms with Crippen molar-refractivity contribution in [2.24, 2.45) is 35.0 Å². The van der Waals surface area contributed by atoms with E-state index in [1.54, 1.807) is 0 Å². The minimum atomic E-state index is -0.357. The molecule has 0 aromatic heterocycles. The third-order valence-corrected chi connectivity index (χ3v) is 8.54. The van der Waals surface area contributed by atoms with Crippen LogP contribution in [0.15, 0.2) is 0 Å². The maximum absolute atomic E-state index is 12.5. The average Bonchev–Trinajstić information content (AvgIpc) is 2.94. The van der Waals surface area contributed by atoms with Gasteiger partial charge in [0, 0.05) is 19.4 Å². The molecule has 5 saturated carbocycles. The fourth-order valence-corrected chi connectivity index (χ4v) is 7.76. The SMILES string of the molecule is O=C(CCN1C(=O)C2CCCCC2C1=O)NNC(=O)CC12CC3CC(CC(C3)C1)C2. The van der Waals surface area contributed by atoms with Crippen LogP contribution in [0.2, 0.25) is 0 Å². The minimum absolute atomic E-state index is 0.0224. The second-order valence-corrected chi connectivity index (χ2v) is 10.8. The Hall–Kier alpha value is -1.92. The Morgan fingerprint density at radius 1 is 0.833 bits per heavy atom. The lowest BCUT2D eigenvalue weighted by molar-refractivity contribution is -0.141. The maximum Gasteiger partial charge on any atom is 0.240 e. The number of likely N-dealkylation sites (tertiary alicyclic amines) is 1. The van der Waals surface area contributed by atoms with Gasteiger partial charge in [0.2, 0.25) is 23.6 Å². The second kappa shape index (κ2) is 7.65. The maximum atomic E-state index is 12.5. The van der Waals surface area contributed by atoms with Crippen LogP contribution in [-0.2, 0) is 19.2 Å². The Bertz CT molecular complexity index is 704. The lowest BCUT2D eigenvalue weighted by Crippen LogP contribution is -2.50. The van der Waals surface area contributed by atoms with Crippen LogP contribution in [0, 0.1) is 35.0 Å². The van der Waals surface area contributed by atoms with Crippen LogP contribution in [0.1, 0.15) is 77.0 Å². The topological polar surface area (TPSA) is 95.6 Å². The van der Waals surface area contributed by atoms with Crippen LogP contribution in [0.5, 0.6) is 0 Å². The summed E-state index contributed by atoms with van der Waals surface area (Å²) in [7, 11) is 0. The van der Waals surface area contributed by atoms with Gasteiger partial charge < -0.3 is 0 Å². The van der Waals surface area contributed by atoms with Crippen molar-refractivity contribution in [2.45, 2.75) is 77.0 Å². The van der Waals surface area contributed by atoms with E-state index < -0.39 is 0 Å². The zero-order chi connectivity index (χ0) is 20.9. The number of carbonyl (C=O) groups excluding carboxylic acids is 4. The molecule has 0 aromatic carbocycles. The number of nitrogens with one attached hydrogen (secondary N) is 2. The van der Waals surface area contributed by atoms with Crippen LogP contribution in [0.25, 0.3) is 0 Å². The third kappa shape index (κ3) is 3.65. The third-order valence-electron chi connectivity index (χ3n) is 8.54. The highest BCUT2D eigenvalue weighted by molar-refractivity contribution is 6.05. The summed E-state index contributed by atoms with van der Waals surface area (Å²) in [4.78, 5) is 51.0. The van der Waals surface area contributed by atoms with Gasteiger partial charge in [0.15, 0.2) is 0 Å². The molecule has 7 heteroatoms. The van der Waals surface area contributed by atoms with Crippen LogP contribution >= 0.6 is 0 Å². The molecule has 0 aromatic rings. The summed E-state index contributed by atoms with van der Waals surface area (Å²) in [5.74, 6) is 1.28. The Morgan fingerprint density at radius 2 is 1.33 bits per heavy atom.